The first-order valence-corrected chi connectivity index (χ1v) is 4.99. The number of hydrogen-bond donors (Lipinski definition) is 1. The van der Waals surface area contributed by atoms with Crippen LogP contribution in [-0.2, 0) is 6.18 Å². The van der Waals surface area contributed by atoms with Crippen molar-refractivity contribution >= 4 is 15.9 Å². The summed E-state index contributed by atoms with van der Waals surface area (Å²) in [5.74, 6) is -1.15. The fourth-order valence-electron chi connectivity index (χ4n) is 1.13. The maximum absolute atomic E-state index is 13.3. The highest BCUT2D eigenvalue weighted by Gasteiger charge is 2.36. The van der Waals surface area contributed by atoms with E-state index in [1.54, 1.807) is 0 Å². The van der Waals surface area contributed by atoms with Gasteiger partial charge in [-0.15, -0.1) is 5.10 Å². The third kappa shape index (κ3) is 2.28. The lowest BCUT2D eigenvalue weighted by molar-refractivity contribution is -0.141. The zero-order chi connectivity index (χ0) is 12.6. The van der Waals surface area contributed by atoms with Gasteiger partial charge in [0.1, 0.15) is 4.60 Å². The standard InChI is InChI=1S/C8H3BrF4N4/c9-6-5(8(11,12)13)15-7(16-6)4-3(10)1-2-14-17-4/h1-2H,(H,15,16). The van der Waals surface area contributed by atoms with E-state index in [0.717, 1.165) is 12.3 Å². The molecule has 0 fully saturated rings. The molecule has 17 heavy (non-hydrogen) atoms. The molecule has 0 aliphatic rings. The molecule has 0 spiro atoms. The van der Waals surface area contributed by atoms with Gasteiger partial charge in [-0.25, -0.2) is 9.37 Å². The predicted octanol–water partition coefficient (Wildman–Crippen LogP) is 2.79. The van der Waals surface area contributed by atoms with Crippen LogP contribution >= 0.6 is 15.9 Å². The largest absolute Gasteiger partial charge is 0.433 e. The minimum absolute atomic E-state index is 0.338. The lowest BCUT2D eigenvalue weighted by atomic mass is 10.3. The number of nitrogens with zero attached hydrogens (tertiary/aromatic N) is 3. The van der Waals surface area contributed by atoms with Crippen molar-refractivity contribution in [3.63, 3.8) is 0 Å². The summed E-state index contributed by atoms with van der Waals surface area (Å²) in [5, 5.41) is 6.75. The number of halogens is 5. The van der Waals surface area contributed by atoms with E-state index in [1.807, 2.05) is 4.98 Å². The van der Waals surface area contributed by atoms with Crippen molar-refractivity contribution in [3.05, 3.63) is 28.4 Å². The van der Waals surface area contributed by atoms with Crippen LogP contribution in [-0.4, -0.2) is 20.2 Å². The van der Waals surface area contributed by atoms with Gasteiger partial charge < -0.3 is 4.98 Å². The highest BCUT2D eigenvalue weighted by molar-refractivity contribution is 9.10. The molecule has 0 unspecified atom stereocenters. The maximum Gasteiger partial charge on any atom is 0.433 e. The molecule has 0 saturated carbocycles. The number of imidazole rings is 1. The smallest absolute Gasteiger partial charge is 0.332 e. The molecule has 0 saturated heterocycles. The topological polar surface area (TPSA) is 54.5 Å². The van der Waals surface area contributed by atoms with Crippen molar-refractivity contribution in [2.75, 3.05) is 0 Å². The van der Waals surface area contributed by atoms with Crippen LogP contribution in [0.3, 0.4) is 0 Å². The number of H-pyrrole nitrogens is 1. The lowest BCUT2D eigenvalue weighted by Crippen LogP contribution is -2.06. The van der Waals surface area contributed by atoms with E-state index in [9.17, 15) is 17.6 Å². The molecular formula is C8H3BrF4N4. The van der Waals surface area contributed by atoms with Crippen LogP contribution in [0.5, 0.6) is 0 Å². The summed E-state index contributed by atoms with van der Waals surface area (Å²) in [6, 6.07) is 0.978. The zero-order valence-electron chi connectivity index (χ0n) is 7.89. The molecule has 0 aromatic carbocycles. The number of hydrogen-bond acceptors (Lipinski definition) is 3. The Labute approximate surface area is 100 Å². The van der Waals surface area contributed by atoms with Crippen LogP contribution in [0, 0.1) is 5.82 Å². The highest BCUT2D eigenvalue weighted by atomic mass is 79.9. The quantitative estimate of drug-likeness (QED) is 0.824. The zero-order valence-corrected chi connectivity index (χ0v) is 9.47. The molecule has 0 radical (unpaired) electrons. The highest BCUT2D eigenvalue weighted by Crippen LogP contribution is 2.34. The average molecular weight is 311 g/mol. The summed E-state index contributed by atoms with van der Waals surface area (Å²) >= 11 is 2.64. The van der Waals surface area contributed by atoms with Crippen LogP contribution in [0.15, 0.2) is 16.9 Å². The van der Waals surface area contributed by atoms with E-state index in [1.165, 1.54) is 0 Å². The van der Waals surface area contributed by atoms with Crippen molar-refractivity contribution < 1.29 is 17.6 Å². The molecule has 0 aliphatic carbocycles. The third-order valence-electron chi connectivity index (χ3n) is 1.84. The SMILES string of the molecule is Fc1ccnnc1-c1nc(Br)c(C(F)(F)F)[nH]1. The van der Waals surface area contributed by atoms with Gasteiger partial charge in [0.25, 0.3) is 0 Å². The molecule has 2 aromatic heterocycles. The number of rotatable bonds is 1. The van der Waals surface area contributed by atoms with Gasteiger partial charge in [0, 0.05) is 0 Å². The monoisotopic (exact) mass is 310 g/mol. The van der Waals surface area contributed by atoms with Gasteiger partial charge in [0.2, 0.25) is 0 Å². The third-order valence-corrected chi connectivity index (χ3v) is 2.41. The van der Waals surface area contributed by atoms with Crippen LogP contribution in [0.2, 0.25) is 0 Å². The lowest BCUT2D eigenvalue weighted by Gasteiger charge is -2.02. The molecular weight excluding hydrogens is 308 g/mol. The normalized spacial score (nSPS) is 11.8. The van der Waals surface area contributed by atoms with Crippen LogP contribution in [0.4, 0.5) is 17.6 Å². The molecule has 0 bridgehead atoms. The summed E-state index contributed by atoms with van der Waals surface area (Å²) < 4.78 is 50.1. The molecule has 2 rings (SSSR count). The van der Waals surface area contributed by atoms with Crippen molar-refractivity contribution in [1.29, 1.82) is 0 Å². The minimum Gasteiger partial charge on any atom is -0.332 e. The first kappa shape index (κ1) is 12.0. The van der Waals surface area contributed by atoms with Crippen molar-refractivity contribution in [2.24, 2.45) is 0 Å². The Morgan fingerprint density at radius 3 is 2.53 bits per heavy atom. The Kier molecular flexibility index (Phi) is 2.86. The number of aromatic nitrogens is 4. The van der Waals surface area contributed by atoms with Gasteiger partial charge >= 0.3 is 6.18 Å². The number of alkyl halides is 3. The minimum atomic E-state index is -4.61. The summed E-state index contributed by atoms with van der Waals surface area (Å²) in [4.78, 5) is 5.46. The Morgan fingerprint density at radius 1 is 1.29 bits per heavy atom. The number of nitrogens with one attached hydrogen (secondary N) is 1. The Bertz CT molecular complexity index is 551. The molecule has 2 heterocycles. The van der Waals surface area contributed by atoms with E-state index in [2.05, 4.69) is 31.1 Å². The second-order valence-electron chi connectivity index (χ2n) is 2.98. The van der Waals surface area contributed by atoms with Crippen LogP contribution in [0.1, 0.15) is 5.69 Å². The molecule has 4 nitrogen and oxygen atoms in total. The fourth-order valence-corrected chi connectivity index (χ4v) is 1.63. The molecule has 9 heteroatoms. The average Bonchev–Trinajstić information content (AvgIpc) is 2.60. The Hall–Kier alpha value is -1.51. The van der Waals surface area contributed by atoms with Gasteiger partial charge in [0.05, 0.1) is 6.20 Å². The molecule has 0 aliphatic heterocycles. The van der Waals surface area contributed by atoms with Gasteiger partial charge in [-0.3, -0.25) is 0 Å². The first-order chi connectivity index (χ1) is 7.89. The molecule has 90 valence electrons. The van der Waals surface area contributed by atoms with E-state index in [-0.39, 0.29) is 11.5 Å². The summed E-state index contributed by atoms with van der Waals surface area (Å²) in [6.07, 6.45) is -3.52. The van der Waals surface area contributed by atoms with E-state index >= 15 is 0 Å². The molecule has 1 N–H and O–H groups in total. The first-order valence-electron chi connectivity index (χ1n) is 4.20. The maximum atomic E-state index is 13.3. The van der Waals surface area contributed by atoms with Gasteiger partial charge in [-0.2, -0.15) is 18.3 Å². The van der Waals surface area contributed by atoms with E-state index < -0.39 is 22.3 Å². The second-order valence-corrected chi connectivity index (χ2v) is 3.73. The van der Waals surface area contributed by atoms with Gasteiger partial charge in [-0.1, -0.05) is 0 Å². The second kappa shape index (κ2) is 4.06. The van der Waals surface area contributed by atoms with Crippen molar-refractivity contribution in [3.8, 4) is 11.5 Å². The van der Waals surface area contributed by atoms with Gasteiger partial charge in [0.15, 0.2) is 23.0 Å². The Balaban J connectivity index is 2.53. The van der Waals surface area contributed by atoms with Crippen LogP contribution in [0.25, 0.3) is 11.5 Å². The summed E-state index contributed by atoms with van der Waals surface area (Å²) in [6.45, 7) is 0. The van der Waals surface area contributed by atoms with Crippen molar-refractivity contribution in [2.45, 2.75) is 6.18 Å². The summed E-state index contributed by atoms with van der Waals surface area (Å²) in [7, 11) is 0. The van der Waals surface area contributed by atoms with E-state index in [4.69, 9.17) is 0 Å². The molecule has 0 amide bonds. The van der Waals surface area contributed by atoms with Gasteiger partial charge in [-0.05, 0) is 22.0 Å². The number of aromatic amines is 1. The van der Waals surface area contributed by atoms with Crippen molar-refractivity contribution in [1.82, 2.24) is 20.2 Å². The Morgan fingerprint density at radius 2 is 2.00 bits per heavy atom. The predicted molar refractivity (Wildman–Crippen MR) is 52.3 cm³/mol. The van der Waals surface area contributed by atoms with Crippen LogP contribution < -0.4 is 0 Å². The molecule has 2 aromatic rings. The molecule has 0 atom stereocenters. The summed E-state index contributed by atoms with van der Waals surface area (Å²) in [5.41, 5.74) is -1.47. The fraction of sp³-hybridized carbons (Fsp3) is 0.125. The van der Waals surface area contributed by atoms with E-state index in [0.29, 0.717) is 0 Å².